The molecular formula is C24H29FN2O4. The van der Waals surface area contributed by atoms with Gasteiger partial charge in [0.05, 0.1) is 31.5 Å². The van der Waals surface area contributed by atoms with E-state index in [4.69, 9.17) is 14.2 Å². The fraction of sp³-hybridized carbons (Fsp3) is 0.458. The molecule has 4 rings (SSSR count). The molecule has 0 aromatic heterocycles. The molecule has 2 fully saturated rings. The van der Waals surface area contributed by atoms with E-state index in [1.807, 2.05) is 42.2 Å². The van der Waals surface area contributed by atoms with Gasteiger partial charge in [0, 0.05) is 32.4 Å². The quantitative estimate of drug-likeness (QED) is 0.726. The number of amides is 1. The summed E-state index contributed by atoms with van der Waals surface area (Å²) in [4.78, 5) is 13.2. The van der Waals surface area contributed by atoms with Crippen LogP contribution in [0.5, 0.6) is 11.5 Å². The van der Waals surface area contributed by atoms with Crippen LogP contribution in [0.15, 0.2) is 42.5 Å². The maximum atomic E-state index is 14.7. The van der Waals surface area contributed by atoms with Gasteiger partial charge in [0.1, 0.15) is 29.5 Å². The van der Waals surface area contributed by atoms with Gasteiger partial charge in [-0.3, -0.25) is 4.79 Å². The number of carbonyl (C=O) groups is 1. The third-order valence-electron chi connectivity index (χ3n) is 5.70. The van der Waals surface area contributed by atoms with Crippen molar-refractivity contribution < 1.29 is 23.4 Å². The standard InChI is InChI=1S/C24H29FN2O4/c1-16(26-17(2)28)18-3-5-19(6-4-18)30-21-9-11-27(14-21)24-8-7-20(13-23(24)25)31-22-10-12-29-15-22/h3-8,13,16,21-22H,9-12,14-15H2,1-2H3,(H,26,28)/t16-,21?,22?/m0/s1. The molecule has 2 aliphatic rings. The van der Waals surface area contributed by atoms with Crippen molar-refractivity contribution in [2.75, 3.05) is 31.2 Å². The summed E-state index contributed by atoms with van der Waals surface area (Å²) in [5, 5.41) is 2.87. The van der Waals surface area contributed by atoms with Crippen LogP contribution >= 0.6 is 0 Å². The van der Waals surface area contributed by atoms with Crippen molar-refractivity contribution in [3.63, 3.8) is 0 Å². The van der Waals surface area contributed by atoms with Crippen LogP contribution in [0.3, 0.4) is 0 Å². The Bertz CT molecular complexity index is 899. The molecule has 3 atom stereocenters. The number of anilines is 1. The van der Waals surface area contributed by atoms with Crippen molar-refractivity contribution in [1.82, 2.24) is 5.32 Å². The Kier molecular flexibility index (Phi) is 6.61. The van der Waals surface area contributed by atoms with Gasteiger partial charge < -0.3 is 24.4 Å². The highest BCUT2D eigenvalue weighted by Crippen LogP contribution is 2.29. The second-order valence-electron chi connectivity index (χ2n) is 8.18. The van der Waals surface area contributed by atoms with Gasteiger partial charge in [-0.15, -0.1) is 0 Å². The van der Waals surface area contributed by atoms with Crippen LogP contribution in [-0.4, -0.2) is 44.4 Å². The van der Waals surface area contributed by atoms with Crippen LogP contribution in [0.2, 0.25) is 0 Å². The predicted octanol–water partition coefficient (Wildman–Crippen LogP) is 3.85. The summed E-state index contributed by atoms with van der Waals surface area (Å²) in [6, 6.07) is 12.7. The molecule has 0 aliphatic carbocycles. The number of halogens is 1. The van der Waals surface area contributed by atoms with Gasteiger partial charge in [-0.2, -0.15) is 0 Å². The van der Waals surface area contributed by atoms with E-state index in [9.17, 15) is 9.18 Å². The third-order valence-corrected chi connectivity index (χ3v) is 5.70. The fourth-order valence-electron chi connectivity index (χ4n) is 4.07. The maximum absolute atomic E-state index is 14.7. The molecule has 0 saturated carbocycles. The zero-order valence-corrected chi connectivity index (χ0v) is 18.0. The Balaban J connectivity index is 1.32. The van der Waals surface area contributed by atoms with Crippen molar-refractivity contribution in [2.24, 2.45) is 0 Å². The number of carbonyl (C=O) groups excluding carboxylic acids is 1. The lowest BCUT2D eigenvalue weighted by Crippen LogP contribution is -2.25. The summed E-state index contributed by atoms with van der Waals surface area (Å²) in [5.41, 5.74) is 1.59. The number of hydrogen-bond acceptors (Lipinski definition) is 5. The summed E-state index contributed by atoms with van der Waals surface area (Å²) < 4.78 is 31.9. The zero-order chi connectivity index (χ0) is 21.8. The van der Waals surface area contributed by atoms with E-state index in [0.29, 0.717) is 31.2 Å². The Morgan fingerprint density at radius 1 is 1.13 bits per heavy atom. The first kappa shape index (κ1) is 21.4. The molecule has 0 bridgehead atoms. The van der Waals surface area contributed by atoms with E-state index >= 15 is 0 Å². The summed E-state index contributed by atoms with van der Waals surface area (Å²) in [7, 11) is 0. The molecule has 2 aliphatic heterocycles. The molecule has 2 aromatic rings. The molecule has 166 valence electrons. The second-order valence-corrected chi connectivity index (χ2v) is 8.18. The highest BCUT2D eigenvalue weighted by atomic mass is 19.1. The average molecular weight is 429 g/mol. The van der Waals surface area contributed by atoms with Gasteiger partial charge in [0.15, 0.2) is 0 Å². The molecular weight excluding hydrogens is 399 g/mol. The van der Waals surface area contributed by atoms with Gasteiger partial charge in [-0.1, -0.05) is 12.1 Å². The second kappa shape index (κ2) is 9.56. The smallest absolute Gasteiger partial charge is 0.217 e. The zero-order valence-electron chi connectivity index (χ0n) is 18.0. The van der Waals surface area contributed by atoms with E-state index in [-0.39, 0.29) is 30.0 Å². The summed E-state index contributed by atoms with van der Waals surface area (Å²) in [6.45, 7) is 6.05. The Morgan fingerprint density at radius 2 is 1.87 bits per heavy atom. The fourth-order valence-corrected chi connectivity index (χ4v) is 4.07. The lowest BCUT2D eigenvalue weighted by molar-refractivity contribution is -0.119. The van der Waals surface area contributed by atoms with E-state index in [2.05, 4.69) is 5.32 Å². The first-order valence-corrected chi connectivity index (χ1v) is 10.8. The van der Waals surface area contributed by atoms with E-state index < -0.39 is 0 Å². The van der Waals surface area contributed by atoms with E-state index in [1.54, 1.807) is 6.07 Å². The Morgan fingerprint density at radius 3 is 2.55 bits per heavy atom. The van der Waals surface area contributed by atoms with E-state index in [0.717, 1.165) is 30.7 Å². The van der Waals surface area contributed by atoms with Crippen LogP contribution in [0, 0.1) is 5.82 Å². The third kappa shape index (κ3) is 5.47. The normalized spacial score (nSPS) is 21.7. The van der Waals surface area contributed by atoms with Gasteiger partial charge >= 0.3 is 0 Å². The van der Waals surface area contributed by atoms with Crippen molar-refractivity contribution in [3.8, 4) is 11.5 Å². The molecule has 2 aromatic carbocycles. The van der Waals surface area contributed by atoms with Crippen molar-refractivity contribution in [2.45, 2.75) is 44.9 Å². The molecule has 7 heteroatoms. The van der Waals surface area contributed by atoms with Crippen molar-refractivity contribution in [3.05, 3.63) is 53.8 Å². The van der Waals surface area contributed by atoms with Crippen molar-refractivity contribution in [1.29, 1.82) is 0 Å². The van der Waals surface area contributed by atoms with Crippen LogP contribution in [0.1, 0.15) is 38.3 Å². The number of nitrogens with zero attached hydrogens (tertiary/aromatic N) is 1. The molecule has 6 nitrogen and oxygen atoms in total. The highest BCUT2D eigenvalue weighted by Gasteiger charge is 2.26. The minimum Gasteiger partial charge on any atom is -0.489 e. The molecule has 0 radical (unpaired) electrons. The molecule has 2 saturated heterocycles. The topological polar surface area (TPSA) is 60.0 Å². The lowest BCUT2D eigenvalue weighted by atomic mass is 10.1. The summed E-state index contributed by atoms with van der Waals surface area (Å²) in [5.74, 6) is 0.970. The lowest BCUT2D eigenvalue weighted by Gasteiger charge is -2.21. The van der Waals surface area contributed by atoms with Gasteiger partial charge in [0.25, 0.3) is 0 Å². The minimum absolute atomic E-state index is 0.00225. The Hall–Kier alpha value is -2.80. The molecule has 1 N–H and O–H groups in total. The average Bonchev–Trinajstić information content (AvgIpc) is 3.40. The van der Waals surface area contributed by atoms with Gasteiger partial charge in [-0.25, -0.2) is 4.39 Å². The van der Waals surface area contributed by atoms with Crippen LogP contribution in [0.4, 0.5) is 10.1 Å². The van der Waals surface area contributed by atoms with Crippen LogP contribution < -0.4 is 19.7 Å². The van der Waals surface area contributed by atoms with Crippen LogP contribution in [0.25, 0.3) is 0 Å². The largest absolute Gasteiger partial charge is 0.489 e. The highest BCUT2D eigenvalue weighted by molar-refractivity contribution is 5.73. The summed E-state index contributed by atoms with van der Waals surface area (Å²) >= 11 is 0. The number of hydrogen-bond donors (Lipinski definition) is 1. The SMILES string of the molecule is CC(=O)N[C@@H](C)c1ccc(OC2CCN(c3ccc(OC4CCOC4)cc3F)C2)cc1. The molecule has 1 amide bonds. The molecule has 2 unspecified atom stereocenters. The van der Waals surface area contributed by atoms with E-state index in [1.165, 1.54) is 13.0 Å². The Labute approximate surface area is 182 Å². The molecule has 31 heavy (non-hydrogen) atoms. The number of benzene rings is 2. The minimum atomic E-state index is -0.284. The maximum Gasteiger partial charge on any atom is 0.217 e. The number of ether oxygens (including phenoxy) is 3. The number of nitrogens with one attached hydrogen (secondary N) is 1. The molecule has 0 spiro atoms. The number of rotatable bonds is 7. The summed E-state index contributed by atoms with van der Waals surface area (Å²) in [6.07, 6.45) is 1.65. The molecule has 2 heterocycles. The first-order chi connectivity index (χ1) is 15.0. The van der Waals surface area contributed by atoms with Gasteiger partial charge in [-0.05, 0) is 36.8 Å². The predicted molar refractivity (Wildman–Crippen MR) is 116 cm³/mol. The van der Waals surface area contributed by atoms with Crippen LogP contribution in [-0.2, 0) is 9.53 Å². The van der Waals surface area contributed by atoms with Crippen molar-refractivity contribution >= 4 is 11.6 Å². The monoisotopic (exact) mass is 428 g/mol. The first-order valence-electron chi connectivity index (χ1n) is 10.8. The van der Waals surface area contributed by atoms with Gasteiger partial charge in [0.2, 0.25) is 5.91 Å².